The topological polar surface area (TPSA) is 74.2 Å². The molecule has 1 saturated carbocycles. The summed E-state index contributed by atoms with van der Waals surface area (Å²) in [6, 6.07) is 0. The SMILES string of the molecule is CCOC1(c2noc(C(CN)C(C)C)n2)CCCC1. The van der Waals surface area contributed by atoms with Crippen LogP contribution in [0.3, 0.4) is 0 Å². The van der Waals surface area contributed by atoms with Gasteiger partial charge in [0.05, 0.1) is 5.92 Å². The first kappa shape index (κ1) is 14.5. The van der Waals surface area contributed by atoms with Crippen LogP contribution in [-0.4, -0.2) is 23.3 Å². The van der Waals surface area contributed by atoms with Crippen LogP contribution in [0.25, 0.3) is 0 Å². The summed E-state index contributed by atoms with van der Waals surface area (Å²) in [5, 5.41) is 4.17. The molecule has 1 atom stereocenters. The van der Waals surface area contributed by atoms with E-state index in [9.17, 15) is 0 Å². The monoisotopic (exact) mass is 267 g/mol. The highest BCUT2D eigenvalue weighted by molar-refractivity contribution is 5.06. The van der Waals surface area contributed by atoms with Crippen LogP contribution in [0.15, 0.2) is 4.52 Å². The van der Waals surface area contributed by atoms with Gasteiger partial charge in [-0.3, -0.25) is 0 Å². The van der Waals surface area contributed by atoms with E-state index >= 15 is 0 Å². The standard InChI is InChI=1S/C14H25N3O2/c1-4-18-14(7-5-6-8-14)13-16-12(19-17-13)11(9-15)10(2)3/h10-11H,4-9,15H2,1-3H3. The van der Waals surface area contributed by atoms with Gasteiger partial charge >= 0.3 is 0 Å². The van der Waals surface area contributed by atoms with Crippen molar-refractivity contribution in [2.75, 3.05) is 13.2 Å². The van der Waals surface area contributed by atoms with Gasteiger partial charge in [0.2, 0.25) is 11.7 Å². The van der Waals surface area contributed by atoms with Gasteiger partial charge in [-0.25, -0.2) is 0 Å². The summed E-state index contributed by atoms with van der Waals surface area (Å²) in [6.07, 6.45) is 4.28. The van der Waals surface area contributed by atoms with E-state index in [0.717, 1.165) is 25.7 Å². The number of rotatable bonds is 6. The molecule has 1 aromatic rings. The van der Waals surface area contributed by atoms with Crippen molar-refractivity contribution < 1.29 is 9.26 Å². The zero-order valence-corrected chi connectivity index (χ0v) is 12.2. The van der Waals surface area contributed by atoms with Crippen molar-refractivity contribution in [3.05, 3.63) is 11.7 Å². The number of ether oxygens (including phenoxy) is 1. The third-order valence-corrected chi connectivity index (χ3v) is 4.06. The summed E-state index contributed by atoms with van der Waals surface area (Å²) in [7, 11) is 0. The van der Waals surface area contributed by atoms with Crippen LogP contribution in [0.1, 0.15) is 64.1 Å². The van der Waals surface area contributed by atoms with Crippen LogP contribution < -0.4 is 5.73 Å². The van der Waals surface area contributed by atoms with Crippen molar-refractivity contribution in [2.24, 2.45) is 11.7 Å². The molecule has 19 heavy (non-hydrogen) atoms. The number of hydrogen-bond donors (Lipinski definition) is 1. The summed E-state index contributed by atoms with van der Waals surface area (Å²) < 4.78 is 11.4. The van der Waals surface area contributed by atoms with Crippen molar-refractivity contribution in [2.45, 2.75) is 58.0 Å². The second kappa shape index (κ2) is 6.01. The van der Waals surface area contributed by atoms with Gasteiger partial charge in [-0.2, -0.15) is 4.98 Å². The Bertz CT molecular complexity index is 397. The van der Waals surface area contributed by atoms with Crippen LogP contribution >= 0.6 is 0 Å². The number of aromatic nitrogens is 2. The van der Waals surface area contributed by atoms with E-state index in [-0.39, 0.29) is 11.5 Å². The van der Waals surface area contributed by atoms with E-state index in [0.29, 0.717) is 30.8 Å². The smallest absolute Gasteiger partial charge is 0.231 e. The van der Waals surface area contributed by atoms with Crippen molar-refractivity contribution in [3.8, 4) is 0 Å². The fraction of sp³-hybridized carbons (Fsp3) is 0.857. The first-order valence-electron chi connectivity index (χ1n) is 7.31. The summed E-state index contributed by atoms with van der Waals surface area (Å²) in [5.74, 6) is 1.88. The lowest BCUT2D eigenvalue weighted by atomic mass is 9.96. The molecule has 0 bridgehead atoms. The molecule has 0 spiro atoms. The molecule has 2 N–H and O–H groups in total. The average molecular weight is 267 g/mol. The predicted molar refractivity (Wildman–Crippen MR) is 72.7 cm³/mol. The molecule has 1 unspecified atom stereocenters. The third-order valence-electron chi connectivity index (χ3n) is 4.06. The molecule has 0 saturated heterocycles. The Morgan fingerprint density at radius 2 is 2.05 bits per heavy atom. The van der Waals surface area contributed by atoms with E-state index in [1.165, 1.54) is 0 Å². The largest absolute Gasteiger partial charge is 0.367 e. The summed E-state index contributed by atoms with van der Waals surface area (Å²) in [5.41, 5.74) is 5.47. The molecule has 1 heterocycles. The lowest BCUT2D eigenvalue weighted by Crippen LogP contribution is -2.28. The lowest BCUT2D eigenvalue weighted by molar-refractivity contribution is -0.0469. The Morgan fingerprint density at radius 3 is 2.58 bits per heavy atom. The molecule has 5 heteroatoms. The Labute approximate surface area is 114 Å². The summed E-state index contributed by atoms with van der Waals surface area (Å²) in [4.78, 5) is 4.59. The second-order valence-electron chi connectivity index (χ2n) is 5.68. The summed E-state index contributed by atoms with van der Waals surface area (Å²) >= 11 is 0. The quantitative estimate of drug-likeness (QED) is 0.857. The Kier molecular flexibility index (Phi) is 4.58. The highest BCUT2D eigenvalue weighted by Gasteiger charge is 2.41. The van der Waals surface area contributed by atoms with Gasteiger partial charge in [-0.1, -0.05) is 19.0 Å². The Morgan fingerprint density at radius 1 is 1.37 bits per heavy atom. The molecular weight excluding hydrogens is 242 g/mol. The molecule has 1 fully saturated rings. The van der Waals surface area contributed by atoms with Crippen LogP contribution in [0.5, 0.6) is 0 Å². The molecule has 1 aliphatic rings. The fourth-order valence-electron chi connectivity index (χ4n) is 2.88. The van der Waals surface area contributed by atoms with Crippen molar-refractivity contribution >= 4 is 0 Å². The normalized spacial score (nSPS) is 20.1. The molecule has 0 aliphatic heterocycles. The molecule has 108 valence electrons. The molecule has 5 nitrogen and oxygen atoms in total. The van der Waals surface area contributed by atoms with E-state index in [4.69, 9.17) is 15.0 Å². The minimum Gasteiger partial charge on any atom is -0.367 e. The van der Waals surface area contributed by atoms with Crippen LogP contribution in [0.2, 0.25) is 0 Å². The number of nitrogens with two attached hydrogens (primary N) is 1. The molecule has 0 radical (unpaired) electrons. The van der Waals surface area contributed by atoms with Crippen molar-refractivity contribution in [1.82, 2.24) is 10.1 Å². The molecule has 0 amide bonds. The van der Waals surface area contributed by atoms with Crippen LogP contribution in [0, 0.1) is 5.92 Å². The van der Waals surface area contributed by atoms with Crippen LogP contribution in [0.4, 0.5) is 0 Å². The predicted octanol–water partition coefficient (Wildman–Crippen LogP) is 2.57. The van der Waals surface area contributed by atoms with Crippen LogP contribution in [-0.2, 0) is 10.3 Å². The van der Waals surface area contributed by atoms with E-state index in [2.05, 4.69) is 24.0 Å². The van der Waals surface area contributed by atoms with Gasteiger partial charge in [-0.05, 0) is 38.5 Å². The minimum atomic E-state index is -0.327. The lowest BCUT2D eigenvalue weighted by Gasteiger charge is -2.24. The van der Waals surface area contributed by atoms with Gasteiger partial charge in [-0.15, -0.1) is 0 Å². The first-order valence-corrected chi connectivity index (χ1v) is 7.31. The van der Waals surface area contributed by atoms with E-state index < -0.39 is 0 Å². The summed E-state index contributed by atoms with van der Waals surface area (Å²) in [6.45, 7) is 7.46. The van der Waals surface area contributed by atoms with Gasteiger partial charge in [0.25, 0.3) is 0 Å². The number of hydrogen-bond acceptors (Lipinski definition) is 5. The number of nitrogens with zero attached hydrogens (tertiary/aromatic N) is 2. The maximum absolute atomic E-state index is 5.95. The van der Waals surface area contributed by atoms with Gasteiger partial charge < -0.3 is 15.0 Å². The molecule has 0 aromatic carbocycles. The van der Waals surface area contributed by atoms with Gasteiger partial charge in [0, 0.05) is 13.2 Å². The Hall–Kier alpha value is -0.940. The van der Waals surface area contributed by atoms with E-state index in [1.54, 1.807) is 0 Å². The second-order valence-corrected chi connectivity index (χ2v) is 5.68. The average Bonchev–Trinajstić information content (AvgIpc) is 2.99. The third kappa shape index (κ3) is 2.82. The molecule has 1 aliphatic carbocycles. The van der Waals surface area contributed by atoms with E-state index in [1.807, 2.05) is 6.92 Å². The fourth-order valence-corrected chi connectivity index (χ4v) is 2.88. The zero-order chi connectivity index (χ0) is 13.9. The van der Waals surface area contributed by atoms with Gasteiger partial charge in [0.15, 0.2) is 0 Å². The zero-order valence-electron chi connectivity index (χ0n) is 12.2. The van der Waals surface area contributed by atoms with Crippen molar-refractivity contribution in [1.29, 1.82) is 0 Å². The highest BCUT2D eigenvalue weighted by atomic mass is 16.5. The highest BCUT2D eigenvalue weighted by Crippen LogP contribution is 2.41. The van der Waals surface area contributed by atoms with Crippen molar-refractivity contribution in [3.63, 3.8) is 0 Å². The molecule has 1 aromatic heterocycles. The Balaban J connectivity index is 2.23. The van der Waals surface area contributed by atoms with Gasteiger partial charge in [0.1, 0.15) is 5.60 Å². The maximum Gasteiger partial charge on any atom is 0.231 e. The molecular formula is C14H25N3O2. The molecule has 2 rings (SSSR count). The maximum atomic E-state index is 5.95. The minimum absolute atomic E-state index is 0.126. The first-order chi connectivity index (χ1) is 9.13.